The van der Waals surface area contributed by atoms with Gasteiger partial charge in [0, 0.05) is 31.4 Å². The first-order chi connectivity index (χ1) is 8.66. The van der Waals surface area contributed by atoms with Gasteiger partial charge in [0.25, 0.3) is 0 Å². The molecule has 0 unspecified atom stereocenters. The van der Waals surface area contributed by atoms with Gasteiger partial charge in [0.2, 0.25) is 0 Å². The number of hydrogen-bond acceptors (Lipinski definition) is 2. The van der Waals surface area contributed by atoms with Gasteiger partial charge in [-0.3, -0.25) is 4.90 Å². The van der Waals surface area contributed by atoms with Crippen molar-refractivity contribution in [1.82, 2.24) is 10.6 Å². The van der Waals surface area contributed by atoms with Gasteiger partial charge in [-0.1, -0.05) is 26.0 Å². The minimum atomic E-state index is 0.00946. The quantitative estimate of drug-likeness (QED) is 0.856. The molecule has 0 saturated carbocycles. The predicted octanol–water partition coefficient (Wildman–Crippen LogP) is 2.10. The molecule has 1 aromatic rings. The van der Waals surface area contributed by atoms with Crippen molar-refractivity contribution in [3.8, 4) is 0 Å². The molecule has 98 valence electrons. The number of rotatable bonds is 4. The monoisotopic (exact) mass is 247 g/mol. The number of amides is 2. The number of carbonyl (C=O) groups is 1. The standard InChI is InChI=1S/C14H21N3O/c1-11(2)16-10-12-5-3-6-13(9-12)17-8-4-7-15-14(17)18/h3,5-6,9,11,16H,4,7-8,10H2,1-2H3,(H,15,18). The summed E-state index contributed by atoms with van der Waals surface area (Å²) in [5.74, 6) is 0. The first-order valence-corrected chi connectivity index (χ1v) is 6.54. The number of urea groups is 1. The number of nitrogens with zero attached hydrogens (tertiary/aromatic N) is 1. The Hall–Kier alpha value is -1.55. The molecule has 1 fully saturated rings. The largest absolute Gasteiger partial charge is 0.338 e. The minimum Gasteiger partial charge on any atom is -0.338 e. The van der Waals surface area contributed by atoms with Gasteiger partial charge >= 0.3 is 6.03 Å². The van der Waals surface area contributed by atoms with E-state index >= 15 is 0 Å². The lowest BCUT2D eigenvalue weighted by Gasteiger charge is -2.27. The molecule has 0 radical (unpaired) electrons. The zero-order valence-electron chi connectivity index (χ0n) is 11.1. The van der Waals surface area contributed by atoms with E-state index in [0.29, 0.717) is 6.04 Å². The van der Waals surface area contributed by atoms with Crippen LogP contribution < -0.4 is 15.5 Å². The third-order valence-electron chi connectivity index (χ3n) is 3.02. The van der Waals surface area contributed by atoms with Crippen LogP contribution in [-0.2, 0) is 6.54 Å². The van der Waals surface area contributed by atoms with Crippen molar-refractivity contribution in [2.75, 3.05) is 18.0 Å². The maximum absolute atomic E-state index is 11.8. The average Bonchev–Trinajstić information content (AvgIpc) is 2.37. The van der Waals surface area contributed by atoms with Gasteiger partial charge in [0.05, 0.1) is 0 Å². The summed E-state index contributed by atoms with van der Waals surface area (Å²) in [6.07, 6.45) is 1.00. The predicted molar refractivity (Wildman–Crippen MR) is 73.8 cm³/mol. The van der Waals surface area contributed by atoms with Crippen LogP contribution in [0.5, 0.6) is 0 Å². The van der Waals surface area contributed by atoms with Crippen LogP contribution in [0.3, 0.4) is 0 Å². The van der Waals surface area contributed by atoms with Crippen LogP contribution in [0, 0.1) is 0 Å². The first-order valence-electron chi connectivity index (χ1n) is 6.54. The van der Waals surface area contributed by atoms with Crippen LogP contribution in [-0.4, -0.2) is 25.2 Å². The van der Waals surface area contributed by atoms with E-state index in [1.54, 1.807) is 0 Å². The highest BCUT2D eigenvalue weighted by molar-refractivity contribution is 5.92. The summed E-state index contributed by atoms with van der Waals surface area (Å²) in [5, 5.41) is 6.26. The topological polar surface area (TPSA) is 44.4 Å². The summed E-state index contributed by atoms with van der Waals surface area (Å²) >= 11 is 0. The van der Waals surface area contributed by atoms with Crippen LogP contribution in [0.15, 0.2) is 24.3 Å². The third-order valence-corrected chi connectivity index (χ3v) is 3.02. The molecule has 2 rings (SSSR count). The van der Waals surface area contributed by atoms with Gasteiger partial charge in [0.1, 0.15) is 0 Å². The molecule has 0 bridgehead atoms. The molecular formula is C14H21N3O. The Morgan fingerprint density at radius 3 is 3.00 bits per heavy atom. The molecule has 1 aliphatic heterocycles. The fourth-order valence-electron chi connectivity index (χ4n) is 2.03. The molecule has 1 aromatic carbocycles. The van der Waals surface area contributed by atoms with Crippen LogP contribution in [0.1, 0.15) is 25.8 Å². The molecule has 0 aromatic heterocycles. The van der Waals surface area contributed by atoms with E-state index < -0.39 is 0 Å². The number of anilines is 1. The zero-order chi connectivity index (χ0) is 13.0. The zero-order valence-corrected chi connectivity index (χ0v) is 11.1. The molecule has 0 spiro atoms. The van der Waals surface area contributed by atoms with E-state index in [1.165, 1.54) is 5.56 Å². The Morgan fingerprint density at radius 2 is 2.28 bits per heavy atom. The van der Waals surface area contributed by atoms with E-state index in [0.717, 1.165) is 31.7 Å². The molecule has 18 heavy (non-hydrogen) atoms. The third kappa shape index (κ3) is 3.23. The molecule has 1 saturated heterocycles. The van der Waals surface area contributed by atoms with Crippen LogP contribution in [0.4, 0.5) is 10.5 Å². The Kier molecular flexibility index (Phi) is 4.20. The summed E-state index contributed by atoms with van der Waals surface area (Å²) in [6, 6.07) is 8.64. The highest BCUT2D eigenvalue weighted by Gasteiger charge is 2.18. The SMILES string of the molecule is CC(C)NCc1cccc(N2CCCNC2=O)c1. The van der Waals surface area contributed by atoms with Crippen molar-refractivity contribution in [2.45, 2.75) is 32.9 Å². The minimum absolute atomic E-state index is 0.00946. The number of nitrogens with one attached hydrogen (secondary N) is 2. The lowest BCUT2D eigenvalue weighted by Crippen LogP contribution is -2.46. The lowest BCUT2D eigenvalue weighted by molar-refractivity contribution is 0.243. The van der Waals surface area contributed by atoms with Crippen LogP contribution >= 0.6 is 0 Å². The van der Waals surface area contributed by atoms with Gasteiger partial charge < -0.3 is 10.6 Å². The van der Waals surface area contributed by atoms with Crippen molar-refractivity contribution < 1.29 is 4.79 Å². The molecule has 2 N–H and O–H groups in total. The van der Waals surface area contributed by atoms with Gasteiger partial charge in [-0.25, -0.2) is 4.79 Å². The summed E-state index contributed by atoms with van der Waals surface area (Å²) in [7, 11) is 0. The summed E-state index contributed by atoms with van der Waals surface area (Å²) in [6.45, 7) is 6.67. The van der Waals surface area contributed by atoms with Crippen LogP contribution in [0.25, 0.3) is 0 Å². The summed E-state index contributed by atoms with van der Waals surface area (Å²) < 4.78 is 0. The molecule has 2 amide bonds. The highest BCUT2D eigenvalue weighted by atomic mass is 16.2. The molecule has 4 heteroatoms. The number of carbonyl (C=O) groups excluding carboxylic acids is 1. The fourth-order valence-corrected chi connectivity index (χ4v) is 2.03. The van der Waals surface area contributed by atoms with Gasteiger partial charge in [0.15, 0.2) is 0 Å². The van der Waals surface area contributed by atoms with Crippen molar-refractivity contribution in [3.05, 3.63) is 29.8 Å². The van der Waals surface area contributed by atoms with E-state index in [9.17, 15) is 4.79 Å². The van der Waals surface area contributed by atoms with E-state index in [2.05, 4.69) is 36.6 Å². The second-order valence-electron chi connectivity index (χ2n) is 4.94. The Morgan fingerprint density at radius 1 is 1.44 bits per heavy atom. The molecule has 1 heterocycles. The number of benzene rings is 1. The molecule has 0 aliphatic carbocycles. The second-order valence-corrected chi connectivity index (χ2v) is 4.94. The van der Waals surface area contributed by atoms with Crippen LogP contribution in [0.2, 0.25) is 0 Å². The highest BCUT2D eigenvalue weighted by Crippen LogP contribution is 2.18. The Labute approximate surface area is 108 Å². The smallest absolute Gasteiger partial charge is 0.321 e. The summed E-state index contributed by atoms with van der Waals surface area (Å²) in [4.78, 5) is 13.6. The normalized spacial score (nSPS) is 15.9. The molecular weight excluding hydrogens is 226 g/mol. The van der Waals surface area contributed by atoms with E-state index in [4.69, 9.17) is 0 Å². The number of hydrogen-bond donors (Lipinski definition) is 2. The van der Waals surface area contributed by atoms with Crippen molar-refractivity contribution in [3.63, 3.8) is 0 Å². The van der Waals surface area contributed by atoms with Crippen molar-refractivity contribution >= 4 is 11.7 Å². The second kappa shape index (κ2) is 5.87. The summed E-state index contributed by atoms with van der Waals surface area (Å²) in [5.41, 5.74) is 2.19. The lowest BCUT2D eigenvalue weighted by atomic mass is 10.1. The van der Waals surface area contributed by atoms with Crippen molar-refractivity contribution in [1.29, 1.82) is 0 Å². The maximum Gasteiger partial charge on any atom is 0.321 e. The molecule has 1 aliphatic rings. The molecule has 0 atom stereocenters. The van der Waals surface area contributed by atoms with Crippen molar-refractivity contribution in [2.24, 2.45) is 0 Å². The van der Waals surface area contributed by atoms with Gasteiger partial charge in [-0.05, 0) is 24.1 Å². The van der Waals surface area contributed by atoms with E-state index in [1.807, 2.05) is 17.0 Å². The Balaban J connectivity index is 2.08. The average molecular weight is 247 g/mol. The maximum atomic E-state index is 11.8. The van der Waals surface area contributed by atoms with Gasteiger partial charge in [-0.15, -0.1) is 0 Å². The first kappa shape index (κ1) is 12.9. The Bertz CT molecular complexity index is 417. The molecule has 4 nitrogen and oxygen atoms in total. The van der Waals surface area contributed by atoms with Gasteiger partial charge in [-0.2, -0.15) is 0 Å². The van der Waals surface area contributed by atoms with E-state index in [-0.39, 0.29) is 6.03 Å². The fraction of sp³-hybridized carbons (Fsp3) is 0.500.